The fourth-order valence-corrected chi connectivity index (χ4v) is 10.3. The standard InChI is InChI=1S/C46H60N4O8S2Si/c1-45(2,3)61(6,7)58-38(35-20-22-37(51)43-36(35)21-23-41(52)48-43)29-47-28-31-12-16-33(17-13-31)56-30-42(53)50(5)25-24-49(4)32-14-18-34(19-15-32)57-44(54)46(55,39-10-8-26-59-39)40-11-9-27-60-40/h8-13,16-17,20-23,26-27,32,34,38,47,51,55H,14-15,18-19,24-25,28-30H2,1-7H3,(H,48,52)/t32?,34?,38-/m0/s1. The Morgan fingerprint density at radius 1 is 0.918 bits per heavy atom. The molecule has 2 aromatic carbocycles. The summed E-state index contributed by atoms with van der Waals surface area (Å²) < 4.78 is 18.7. The van der Waals surface area contributed by atoms with Gasteiger partial charge in [0.05, 0.1) is 21.4 Å². The van der Waals surface area contributed by atoms with Crippen molar-refractivity contribution in [3.8, 4) is 11.5 Å². The summed E-state index contributed by atoms with van der Waals surface area (Å²) in [6.07, 6.45) is 2.52. The van der Waals surface area contributed by atoms with Crippen LogP contribution in [0.1, 0.15) is 73.4 Å². The van der Waals surface area contributed by atoms with Crippen molar-refractivity contribution >= 4 is 53.8 Å². The maximum atomic E-state index is 13.4. The summed E-state index contributed by atoms with van der Waals surface area (Å²) in [6, 6.07) is 21.8. The number of thiophene rings is 2. The highest BCUT2D eigenvalue weighted by Gasteiger charge is 2.45. The van der Waals surface area contributed by atoms with Crippen LogP contribution in [0, 0.1) is 0 Å². The Hall–Kier alpha value is -4.35. The number of H-pyrrole nitrogens is 1. The van der Waals surface area contributed by atoms with Crippen LogP contribution in [-0.2, 0) is 30.9 Å². The van der Waals surface area contributed by atoms with E-state index in [0.717, 1.165) is 29.4 Å². The van der Waals surface area contributed by atoms with E-state index in [1.807, 2.05) is 53.2 Å². The number of aromatic amines is 1. The maximum absolute atomic E-state index is 13.4. The van der Waals surface area contributed by atoms with E-state index in [2.05, 4.69) is 56.1 Å². The van der Waals surface area contributed by atoms with Crippen molar-refractivity contribution in [3.05, 3.63) is 115 Å². The molecule has 0 aliphatic heterocycles. The molecular weight excluding hydrogens is 829 g/mol. The molecule has 3 heterocycles. The van der Waals surface area contributed by atoms with Crippen LogP contribution in [0.5, 0.6) is 11.5 Å². The van der Waals surface area contributed by atoms with Gasteiger partial charge in [0.2, 0.25) is 11.2 Å². The topological polar surface area (TPSA) is 154 Å². The number of benzene rings is 2. The van der Waals surface area contributed by atoms with Gasteiger partial charge in [-0.3, -0.25) is 9.59 Å². The number of fused-ring (bicyclic) bond motifs is 1. The van der Waals surface area contributed by atoms with Crippen molar-refractivity contribution in [3.63, 3.8) is 0 Å². The molecule has 0 bridgehead atoms. The highest BCUT2D eigenvalue weighted by molar-refractivity contribution is 7.12. The van der Waals surface area contributed by atoms with Crippen molar-refractivity contribution in [2.24, 2.45) is 0 Å². The summed E-state index contributed by atoms with van der Waals surface area (Å²) in [7, 11) is 1.64. The third kappa shape index (κ3) is 11.2. The van der Waals surface area contributed by atoms with E-state index in [9.17, 15) is 24.6 Å². The van der Waals surface area contributed by atoms with Crippen LogP contribution in [-0.4, -0.2) is 97.7 Å². The predicted octanol–water partition coefficient (Wildman–Crippen LogP) is 7.77. The Morgan fingerprint density at radius 2 is 1.57 bits per heavy atom. The summed E-state index contributed by atoms with van der Waals surface area (Å²) in [4.78, 5) is 46.4. The third-order valence-corrected chi connectivity index (χ3v) is 18.7. The molecule has 328 valence electrons. The summed E-state index contributed by atoms with van der Waals surface area (Å²) in [5.41, 5.74) is 0.244. The van der Waals surface area contributed by atoms with Gasteiger partial charge < -0.3 is 44.2 Å². The van der Waals surface area contributed by atoms with E-state index in [-0.39, 0.29) is 41.1 Å². The quantitative estimate of drug-likeness (QED) is 0.0507. The fraction of sp³-hybridized carbons (Fsp3) is 0.457. The number of carbonyl (C=O) groups excluding carboxylic acids is 2. The first-order chi connectivity index (χ1) is 29.0. The van der Waals surface area contributed by atoms with E-state index in [1.165, 1.54) is 28.7 Å². The van der Waals surface area contributed by atoms with Crippen LogP contribution in [0.2, 0.25) is 18.1 Å². The molecule has 1 saturated carbocycles. The number of aromatic nitrogens is 1. The Morgan fingerprint density at radius 3 is 2.18 bits per heavy atom. The predicted molar refractivity (Wildman–Crippen MR) is 245 cm³/mol. The summed E-state index contributed by atoms with van der Waals surface area (Å²) >= 11 is 2.67. The molecule has 1 aliphatic carbocycles. The first kappa shape index (κ1) is 46.2. The molecule has 1 amide bonds. The molecule has 0 radical (unpaired) electrons. The van der Waals surface area contributed by atoms with Crippen LogP contribution in [0.25, 0.3) is 10.9 Å². The van der Waals surface area contributed by atoms with Gasteiger partial charge >= 0.3 is 5.97 Å². The lowest BCUT2D eigenvalue weighted by atomic mass is 9.91. The Bertz CT molecular complexity index is 2230. The monoisotopic (exact) mass is 888 g/mol. The lowest BCUT2D eigenvalue weighted by molar-refractivity contribution is -0.169. The van der Waals surface area contributed by atoms with Gasteiger partial charge in [0.25, 0.3) is 5.91 Å². The average Bonchev–Trinajstić information content (AvgIpc) is 3.99. The summed E-state index contributed by atoms with van der Waals surface area (Å²) in [5, 5.41) is 30.1. The van der Waals surface area contributed by atoms with Gasteiger partial charge in [-0.25, -0.2) is 4.79 Å². The molecule has 1 aliphatic rings. The highest BCUT2D eigenvalue weighted by atomic mass is 32.1. The van der Waals surface area contributed by atoms with Gasteiger partial charge in [-0.05, 0) is 109 Å². The summed E-state index contributed by atoms with van der Waals surface area (Å²) in [5.74, 6) is -0.118. The first-order valence-corrected chi connectivity index (χ1v) is 25.5. The van der Waals surface area contributed by atoms with Crippen LogP contribution in [0.15, 0.2) is 88.4 Å². The number of amides is 1. The average molecular weight is 889 g/mol. The molecule has 0 spiro atoms. The molecule has 6 rings (SSSR count). The number of esters is 1. The van der Waals surface area contributed by atoms with Crippen molar-refractivity contribution in [2.75, 3.05) is 40.3 Å². The SMILES string of the molecule is CN(CCN(C)C1CCC(OC(=O)C(O)(c2cccs2)c2cccs2)CC1)C(=O)COc1ccc(CNC[C@H](O[Si](C)(C)C(C)(C)C)c2ccc(O)c3[nH]c(=O)ccc23)cc1. The van der Waals surface area contributed by atoms with Gasteiger partial charge in [-0.2, -0.15) is 0 Å². The van der Waals surface area contributed by atoms with Crippen molar-refractivity contribution in [1.29, 1.82) is 0 Å². The highest BCUT2D eigenvalue weighted by Crippen LogP contribution is 2.42. The number of likely N-dealkylation sites (N-methyl/N-ethyl adjacent to an activating group) is 2. The molecule has 1 atom stereocenters. The molecule has 12 nitrogen and oxygen atoms in total. The van der Waals surface area contributed by atoms with E-state index in [4.69, 9.17) is 13.9 Å². The minimum Gasteiger partial charge on any atom is -0.506 e. The number of rotatable bonds is 18. The number of nitrogens with zero attached hydrogens (tertiary/aromatic N) is 2. The molecule has 0 unspecified atom stereocenters. The van der Waals surface area contributed by atoms with Crippen molar-refractivity contribution in [1.82, 2.24) is 20.1 Å². The van der Waals surface area contributed by atoms with Crippen molar-refractivity contribution < 1.29 is 33.7 Å². The van der Waals surface area contributed by atoms with Gasteiger partial charge in [0.1, 0.15) is 17.6 Å². The smallest absolute Gasteiger partial charge is 0.349 e. The number of nitrogens with one attached hydrogen (secondary N) is 2. The third-order valence-electron chi connectivity index (χ3n) is 12.2. The zero-order chi connectivity index (χ0) is 44.0. The number of phenols is 1. The zero-order valence-electron chi connectivity index (χ0n) is 36.2. The number of aliphatic hydroxyl groups is 1. The largest absolute Gasteiger partial charge is 0.506 e. The molecular formula is C46H60N4O8S2Si. The van der Waals surface area contributed by atoms with E-state index >= 15 is 0 Å². The Labute approximate surface area is 367 Å². The van der Waals surface area contributed by atoms with E-state index in [1.54, 1.807) is 36.2 Å². The normalized spacial score (nSPS) is 16.7. The summed E-state index contributed by atoms with van der Waals surface area (Å²) in [6.45, 7) is 13.3. The number of pyridine rings is 1. The van der Waals surface area contributed by atoms with E-state index < -0.39 is 19.9 Å². The van der Waals surface area contributed by atoms with Crippen LogP contribution in [0.4, 0.5) is 0 Å². The van der Waals surface area contributed by atoms with Gasteiger partial charge in [0, 0.05) is 50.7 Å². The second-order valence-corrected chi connectivity index (χ2v) is 24.2. The van der Waals surface area contributed by atoms with Gasteiger partial charge in [-0.15, -0.1) is 22.7 Å². The van der Waals surface area contributed by atoms with Crippen LogP contribution < -0.4 is 15.6 Å². The number of carbonyl (C=O) groups is 2. The lowest BCUT2D eigenvalue weighted by Gasteiger charge is -2.39. The molecule has 0 saturated heterocycles. The van der Waals surface area contributed by atoms with E-state index in [0.29, 0.717) is 66.1 Å². The van der Waals surface area contributed by atoms with Gasteiger partial charge in [0.15, 0.2) is 14.9 Å². The number of aromatic hydroxyl groups is 1. The van der Waals surface area contributed by atoms with Crippen LogP contribution >= 0.6 is 22.7 Å². The Balaban J connectivity index is 0.937. The fourth-order valence-electron chi connectivity index (χ4n) is 7.34. The molecule has 1 fully saturated rings. The number of hydrogen-bond donors (Lipinski definition) is 4. The lowest BCUT2D eigenvalue weighted by Crippen LogP contribution is -2.44. The van der Waals surface area contributed by atoms with Crippen LogP contribution in [0.3, 0.4) is 0 Å². The maximum Gasteiger partial charge on any atom is 0.349 e. The molecule has 3 aromatic heterocycles. The number of phenolic OH excluding ortho intramolecular Hbond substituents is 1. The zero-order valence-corrected chi connectivity index (χ0v) is 38.9. The van der Waals surface area contributed by atoms with Crippen molar-refractivity contribution in [2.45, 2.75) is 95.0 Å². The Kier molecular flexibility index (Phi) is 15.0. The van der Waals surface area contributed by atoms with Gasteiger partial charge in [-0.1, -0.05) is 51.1 Å². The molecule has 61 heavy (non-hydrogen) atoms. The molecule has 4 N–H and O–H groups in total. The first-order valence-electron chi connectivity index (χ1n) is 20.9. The molecule has 15 heteroatoms. The second kappa shape index (κ2) is 19.8. The minimum absolute atomic E-state index is 0.0166. The minimum atomic E-state index is -2.21. The number of ether oxygens (including phenoxy) is 2. The molecule has 5 aromatic rings. The number of hydrogen-bond acceptors (Lipinski definition) is 12. The second-order valence-electron chi connectivity index (χ2n) is 17.5.